The van der Waals surface area contributed by atoms with Crippen LogP contribution >= 0.6 is 0 Å². The van der Waals surface area contributed by atoms with E-state index in [4.69, 9.17) is 10.5 Å². The first-order chi connectivity index (χ1) is 9.28. The molecule has 0 aromatic heterocycles. The molecule has 1 unspecified atom stereocenters. The Bertz CT molecular complexity index is 461. The fourth-order valence-electron chi connectivity index (χ4n) is 1.59. The Balaban J connectivity index is 2.48. The number of hydrogen-bond donors (Lipinski definition) is 2. The lowest BCUT2D eigenvalue weighted by Crippen LogP contribution is -2.40. The van der Waals surface area contributed by atoms with Gasteiger partial charge in [0.2, 0.25) is 0 Å². The van der Waals surface area contributed by atoms with Gasteiger partial charge >= 0.3 is 6.09 Å². The van der Waals surface area contributed by atoms with Crippen LogP contribution in [0, 0.1) is 0 Å². The molecule has 20 heavy (non-hydrogen) atoms. The van der Waals surface area contributed by atoms with Crippen LogP contribution in [0.3, 0.4) is 0 Å². The molecule has 0 aliphatic carbocycles. The third-order valence-corrected chi connectivity index (χ3v) is 2.64. The zero-order valence-corrected chi connectivity index (χ0v) is 12.6. The van der Waals surface area contributed by atoms with E-state index in [9.17, 15) is 4.79 Å². The van der Waals surface area contributed by atoms with Crippen molar-refractivity contribution < 1.29 is 9.53 Å². The molecular weight excluding hydrogens is 252 g/mol. The van der Waals surface area contributed by atoms with Crippen molar-refractivity contribution in [2.45, 2.75) is 39.3 Å². The van der Waals surface area contributed by atoms with E-state index in [1.54, 1.807) is 0 Å². The third-order valence-electron chi connectivity index (χ3n) is 2.64. The van der Waals surface area contributed by atoms with Crippen LogP contribution in [0.1, 0.15) is 33.3 Å². The van der Waals surface area contributed by atoms with E-state index in [1.165, 1.54) is 0 Å². The molecule has 0 aliphatic heterocycles. The Kier molecular flexibility index (Phi) is 5.77. The minimum Gasteiger partial charge on any atom is -0.444 e. The second kappa shape index (κ2) is 7.10. The quantitative estimate of drug-likeness (QED) is 0.888. The van der Waals surface area contributed by atoms with Crippen LogP contribution in [0.25, 0.3) is 6.08 Å². The molecule has 3 N–H and O–H groups in total. The monoisotopic (exact) mass is 276 g/mol. The Hall–Kier alpha value is -1.81. The van der Waals surface area contributed by atoms with E-state index in [0.717, 1.165) is 11.1 Å². The Labute approximate surface area is 121 Å². The number of carbonyl (C=O) groups excluding carboxylic acids is 1. The summed E-state index contributed by atoms with van der Waals surface area (Å²) in [5.41, 5.74) is 7.64. The van der Waals surface area contributed by atoms with Gasteiger partial charge in [0.25, 0.3) is 0 Å². The summed E-state index contributed by atoms with van der Waals surface area (Å²) in [5.74, 6) is 0. The van der Waals surface area contributed by atoms with Crippen molar-refractivity contribution in [3.8, 4) is 0 Å². The Morgan fingerprint density at radius 2 is 1.95 bits per heavy atom. The molecule has 1 amide bonds. The molecule has 4 heteroatoms. The van der Waals surface area contributed by atoms with Gasteiger partial charge in [-0.05, 0) is 33.3 Å². The predicted molar refractivity (Wildman–Crippen MR) is 82.3 cm³/mol. The van der Waals surface area contributed by atoms with Crippen molar-refractivity contribution in [3.63, 3.8) is 0 Å². The highest BCUT2D eigenvalue weighted by Crippen LogP contribution is 2.09. The van der Waals surface area contributed by atoms with Gasteiger partial charge in [0.05, 0.1) is 0 Å². The van der Waals surface area contributed by atoms with Crippen molar-refractivity contribution >= 4 is 12.2 Å². The highest BCUT2D eigenvalue weighted by molar-refractivity contribution is 5.67. The summed E-state index contributed by atoms with van der Waals surface area (Å²) in [5, 5.41) is 2.68. The standard InChI is InChI=1S/C16H24N2O2/c1-12(10-13-8-6-5-7-9-13)14(17)11-18-15(19)20-16(2,3)4/h5-10,14H,11,17H2,1-4H3,(H,18,19)/b12-10+. The second-order valence-electron chi connectivity index (χ2n) is 5.79. The van der Waals surface area contributed by atoms with Gasteiger partial charge in [0.15, 0.2) is 0 Å². The van der Waals surface area contributed by atoms with Crippen LogP contribution < -0.4 is 11.1 Å². The molecule has 0 saturated carbocycles. The van der Waals surface area contributed by atoms with E-state index in [2.05, 4.69) is 5.32 Å². The number of nitrogens with one attached hydrogen (secondary N) is 1. The van der Waals surface area contributed by atoms with Crippen LogP contribution in [0.4, 0.5) is 4.79 Å². The lowest BCUT2D eigenvalue weighted by Gasteiger charge is -2.21. The molecule has 0 heterocycles. The Morgan fingerprint density at radius 1 is 1.35 bits per heavy atom. The van der Waals surface area contributed by atoms with Crippen LogP contribution in [0.5, 0.6) is 0 Å². The number of alkyl carbamates (subject to hydrolysis) is 1. The minimum atomic E-state index is -0.497. The number of carbonyl (C=O) groups is 1. The van der Waals surface area contributed by atoms with Crippen molar-refractivity contribution in [2.75, 3.05) is 6.54 Å². The lowest BCUT2D eigenvalue weighted by atomic mass is 10.1. The SMILES string of the molecule is C/C(=C\c1ccccc1)C(N)CNC(=O)OC(C)(C)C. The van der Waals surface area contributed by atoms with E-state index >= 15 is 0 Å². The molecule has 1 aromatic rings. The van der Waals surface area contributed by atoms with Crippen molar-refractivity contribution in [3.05, 3.63) is 41.5 Å². The first-order valence-corrected chi connectivity index (χ1v) is 6.73. The number of nitrogens with two attached hydrogens (primary N) is 1. The Morgan fingerprint density at radius 3 is 2.50 bits per heavy atom. The second-order valence-corrected chi connectivity index (χ2v) is 5.79. The highest BCUT2D eigenvalue weighted by atomic mass is 16.6. The molecule has 0 fully saturated rings. The van der Waals surface area contributed by atoms with Crippen LogP contribution in [-0.2, 0) is 4.74 Å². The molecule has 110 valence electrons. The first kappa shape index (κ1) is 16.2. The fraction of sp³-hybridized carbons (Fsp3) is 0.438. The third kappa shape index (κ3) is 6.38. The van der Waals surface area contributed by atoms with Gasteiger partial charge in [-0.25, -0.2) is 4.79 Å². The van der Waals surface area contributed by atoms with Gasteiger partial charge < -0.3 is 15.8 Å². The normalized spacial score (nSPS) is 13.8. The molecular formula is C16H24N2O2. The summed E-state index contributed by atoms with van der Waals surface area (Å²) >= 11 is 0. The summed E-state index contributed by atoms with van der Waals surface area (Å²) in [6.07, 6.45) is 1.57. The molecule has 1 aromatic carbocycles. The number of amides is 1. The summed E-state index contributed by atoms with van der Waals surface area (Å²) in [6.45, 7) is 7.78. The summed E-state index contributed by atoms with van der Waals surface area (Å²) in [7, 11) is 0. The van der Waals surface area contributed by atoms with Crippen molar-refractivity contribution in [2.24, 2.45) is 5.73 Å². The maximum absolute atomic E-state index is 11.5. The smallest absolute Gasteiger partial charge is 0.407 e. The summed E-state index contributed by atoms with van der Waals surface area (Å²) in [4.78, 5) is 11.5. The van der Waals surface area contributed by atoms with Crippen LogP contribution in [0.15, 0.2) is 35.9 Å². The molecule has 1 atom stereocenters. The van der Waals surface area contributed by atoms with Crippen LogP contribution in [-0.4, -0.2) is 24.3 Å². The van der Waals surface area contributed by atoms with Gasteiger partial charge in [-0.15, -0.1) is 0 Å². The molecule has 0 bridgehead atoms. The van der Waals surface area contributed by atoms with Crippen molar-refractivity contribution in [1.29, 1.82) is 0 Å². The zero-order chi connectivity index (χ0) is 15.2. The first-order valence-electron chi connectivity index (χ1n) is 6.73. The fourth-order valence-corrected chi connectivity index (χ4v) is 1.59. The van der Waals surface area contributed by atoms with E-state index in [0.29, 0.717) is 6.54 Å². The molecule has 0 spiro atoms. The van der Waals surface area contributed by atoms with Crippen molar-refractivity contribution in [1.82, 2.24) is 5.32 Å². The molecule has 1 rings (SSSR count). The maximum Gasteiger partial charge on any atom is 0.407 e. The number of ether oxygens (including phenoxy) is 1. The summed E-state index contributed by atoms with van der Waals surface area (Å²) < 4.78 is 5.16. The van der Waals surface area contributed by atoms with E-state index in [-0.39, 0.29) is 6.04 Å². The van der Waals surface area contributed by atoms with Gasteiger partial charge in [-0.2, -0.15) is 0 Å². The average molecular weight is 276 g/mol. The van der Waals surface area contributed by atoms with Gasteiger partial charge in [0.1, 0.15) is 5.60 Å². The van der Waals surface area contributed by atoms with Crippen LogP contribution in [0.2, 0.25) is 0 Å². The van der Waals surface area contributed by atoms with Gasteiger partial charge in [0, 0.05) is 12.6 Å². The number of benzene rings is 1. The topological polar surface area (TPSA) is 64.3 Å². The largest absolute Gasteiger partial charge is 0.444 e. The molecule has 0 saturated heterocycles. The predicted octanol–water partition coefficient (Wildman–Crippen LogP) is 2.94. The summed E-state index contributed by atoms with van der Waals surface area (Å²) in [6, 6.07) is 9.71. The maximum atomic E-state index is 11.5. The molecule has 0 radical (unpaired) electrons. The van der Waals surface area contributed by atoms with E-state index < -0.39 is 11.7 Å². The molecule has 4 nitrogen and oxygen atoms in total. The van der Waals surface area contributed by atoms with Gasteiger partial charge in [-0.3, -0.25) is 0 Å². The highest BCUT2D eigenvalue weighted by Gasteiger charge is 2.16. The van der Waals surface area contributed by atoms with E-state index in [1.807, 2.05) is 64.1 Å². The average Bonchev–Trinajstić information content (AvgIpc) is 2.35. The molecule has 0 aliphatic rings. The zero-order valence-electron chi connectivity index (χ0n) is 12.6. The van der Waals surface area contributed by atoms with Gasteiger partial charge in [-0.1, -0.05) is 42.0 Å². The number of rotatable bonds is 4. The number of hydrogen-bond acceptors (Lipinski definition) is 3. The minimum absolute atomic E-state index is 0.234. The lowest BCUT2D eigenvalue weighted by molar-refractivity contribution is 0.0526.